The maximum atomic E-state index is 10.8. The molecule has 0 amide bonds. The van der Waals surface area contributed by atoms with Gasteiger partial charge in [0.2, 0.25) is 0 Å². The molecule has 0 radical (unpaired) electrons. The Labute approximate surface area is 106 Å². The summed E-state index contributed by atoms with van der Waals surface area (Å²) < 4.78 is 4.96. The van der Waals surface area contributed by atoms with Crippen molar-refractivity contribution in [2.75, 3.05) is 6.61 Å². The Morgan fingerprint density at radius 3 is 2.35 bits per heavy atom. The third kappa shape index (κ3) is 12.9. The predicted molar refractivity (Wildman–Crippen MR) is 72.9 cm³/mol. The van der Waals surface area contributed by atoms with Crippen LogP contribution in [-0.4, -0.2) is 12.6 Å². The van der Waals surface area contributed by atoms with Crippen LogP contribution in [0.25, 0.3) is 0 Å². The zero-order valence-electron chi connectivity index (χ0n) is 11.1. The van der Waals surface area contributed by atoms with Crippen LogP contribution in [0.3, 0.4) is 0 Å². The van der Waals surface area contributed by atoms with Crippen molar-refractivity contribution in [1.82, 2.24) is 0 Å². The Morgan fingerprint density at radius 1 is 1.06 bits per heavy atom. The second kappa shape index (κ2) is 13.0. The molecule has 0 bridgehead atoms. The van der Waals surface area contributed by atoms with Crippen molar-refractivity contribution >= 4 is 5.97 Å². The van der Waals surface area contributed by atoms with Gasteiger partial charge < -0.3 is 4.74 Å². The molecule has 0 aromatic rings. The first kappa shape index (κ1) is 16.0. The molecule has 0 saturated carbocycles. The van der Waals surface area contributed by atoms with Crippen molar-refractivity contribution in [1.29, 1.82) is 0 Å². The van der Waals surface area contributed by atoms with Gasteiger partial charge in [-0.1, -0.05) is 38.0 Å². The minimum absolute atomic E-state index is 0.111. The number of allylic oxidation sites excluding steroid dienone is 2. The molecule has 0 atom stereocenters. The van der Waals surface area contributed by atoms with Gasteiger partial charge in [-0.2, -0.15) is 0 Å². The van der Waals surface area contributed by atoms with Gasteiger partial charge in [-0.3, -0.25) is 4.79 Å². The molecule has 2 nitrogen and oxygen atoms in total. The van der Waals surface area contributed by atoms with Gasteiger partial charge in [-0.25, -0.2) is 0 Å². The van der Waals surface area contributed by atoms with Crippen LogP contribution < -0.4 is 0 Å². The summed E-state index contributed by atoms with van der Waals surface area (Å²) in [5.74, 6) is -0.111. The summed E-state index contributed by atoms with van der Waals surface area (Å²) in [6.45, 7) is 6.03. The van der Waals surface area contributed by atoms with Gasteiger partial charge in [-0.05, 0) is 32.1 Å². The zero-order valence-corrected chi connectivity index (χ0v) is 11.1. The van der Waals surface area contributed by atoms with E-state index in [1.807, 2.05) is 13.0 Å². The lowest BCUT2D eigenvalue weighted by molar-refractivity contribution is -0.143. The fourth-order valence-corrected chi connectivity index (χ4v) is 1.48. The standard InChI is InChI=1S/C15H26O2/c1-3-5-6-7-8-9-10-11-12-13-14-17-15(16)4-2/h3,11-12H,1,4-10,13-14H2,2H3/b12-11+. The Morgan fingerprint density at radius 2 is 1.71 bits per heavy atom. The first-order valence-electron chi connectivity index (χ1n) is 6.72. The molecule has 0 unspecified atom stereocenters. The smallest absolute Gasteiger partial charge is 0.305 e. The number of esters is 1. The van der Waals surface area contributed by atoms with E-state index in [4.69, 9.17) is 4.74 Å². The molecule has 0 rings (SSSR count). The third-order valence-corrected chi connectivity index (χ3v) is 2.53. The monoisotopic (exact) mass is 238 g/mol. The molecule has 98 valence electrons. The highest BCUT2D eigenvalue weighted by Crippen LogP contribution is 2.06. The summed E-state index contributed by atoms with van der Waals surface area (Å²) in [5.41, 5.74) is 0. The van der Waals surface area contributed by atoms with E-state index < -0.39 is 0 Å². The summed E-state index contributed by atoms with van der Waals surface area (Å²) in [6.07, 6.45) is 15.0. The van der Waals surface area contributed by atoms with Gasteiger partial charge >= 0.3 is 5.97 Å². The second-order valence-electron chi connectivity index (χ2n) is 4.11. The second-order valence-corrected chi connectivity index (χ2v) is 4.11. The van der Waals surface area contributed by atoms with Gasteiger partial charge in [-0.15, -0.1) is 6.58 Å². The fourth-order valence-electron chi connectivity index (χ4n) is 1.48. The molecule has 0 aromatic heterocycles. The summed E-state index contributed by atoms with van der Waals surface area (Å²) >= 11 is 0. The molecule has 2 heteroatoms. The largest absolute Gasteiger partial charge is 0.465 e. The molecular formula is C15H26O2. The lowest BCUT2D eigenvalue weighted by Gasteiger charge is -1.99. The van der Waals surface area contributed by atoms with Crippen molar-refractivity contribution in [2.24, 2.45) is 0 Å². The van der Waals surface area contributed by atoms with Crippen LogP contribution in [0.1, 0.15) is 58.3 Å². The maximum absolute atomic E-state index is 10.8. The average molecular weight is 238 g/mol. The van der Waals surface area contributed by atoms with Crippen LogP contribution in [0.2, 0.25) is 0 Å². The highest BCUT2D eigenvalue weighted by atomic mass is 16.5. The topological polar surface area (TPSA) is 26.3 Å². The first-order chi connectivity index (χ1) is 8.31. The molecule has 0 aromatic carbocycles. The van der Waals surface area contributed by atoms with E-state index in [1.54, 1.807) is 0 Å². The Bertz CT molecular complexity index is 219. The Hall–Kier alpha value is -1.05. The van der Waals surface area contributed by atoms with E-state index in [0.29, 0.717) is 13.0 Å². The third-order valence-electron chi connectivity index (χ3n) is 2.53. The highest BCUT2D eigenvalue weighted by Gasteiger charge is 1.94. The minimum atomic E-state index is -0.111. The lowest BCUT2D eigenvalue weighted by atomic mass is 10.1. The maximum Gasteiger partial charge on any atom is 0.305 e. The number of unbranched alkanes of at least 4 members (excludes halogenated alkanes) is 5. The van der Waals surface area contributed by atoms with Gasteiger partial charge in [0.1, 0.15) is 0 Å². The van der Waals surface area contributed by atoms with Crippen molar-refractivity contribution in [2.45, 2.75) is 58.3 Å². The average Bonchev–Trinajstić information content (AvgIpc) is 2.35. The fraction of sp³-hybridized carbons (Fsp3) is 0.667. The van der Waals surface area contributed by atoms with Gasteiger partial charge in [0.15, 0.2) is 0 Å². The molecule has 0 spiro atoms. The van der Waals surface area contributed by atoms with Gasteiger partial charge in [0.25, 0.3) is 0 Å². The summed E-state index contributed by atoms with van der Waals surface area (Å²) in [5, 5.41) is 0. The Kier molecular flexibility index (Phi) is 12.2. The molecular weight excluding hydrogens is 212 g/mol. The van der Waals surface area contributed by atoms with Crippen LogP contribution in [0, 0.1) is 0 Å². The Balaban J connectivity index is 3.14. The summed E-state index contributed by atoms with van der Waals surface area (Å²) in [6, 6.07) is 0. The zero-order chi connectivity index (χ0) is 12.8. The molecule has 0 saturated heterocycles. The number of hydrogen-bond acceptors (Lipinski definition) is 2. The van der Waals surface area contributed by atoms with Crippen LogP contribution in [-0.2, 0) is 9.53 Å². The van der Waals surface area contributed by atoms with E-state index in [9.17, 15) is 4.79 Å². The highest BCUT2D eigenvalue weighted by molar-refractivity contribution is 5.68. The van der Waals surface area contributed by atoms with E-state index in [-0.39, 0.29) is 5.97 Å². The van der Waals surface area contributed by atoms with Crippen molar-refractivity contribution in [3.63, 3.8) is 0 Å². The number of carbonyl (C=O) groups is 1. The predicted octanol–water partition coefficient (Wildman–Crippen LogP) is 4.41. The molecule has 0 aliphatic heterocycles. The first-order valence-corrected chi connectivity index (χ1v) is 6.72. The van der Waals surface area contributed by atoms with E-state index in [1.165, 1.54) is 25.7 Å². The molecule has 17 heavy (non-hydrogen) atoms. The quantitative estimate of drug-likeness (QED) is 0.303. The molecule has 0 heterocycles. The minimum Gasteiger partial charge on any atom is -0.465 e. The normalized spacial score (nSPS) is 10.6. The van der Waals surface area contributed by atoms with Gasteiger partial charge in [0.05, 0.1) is 6.61 Å². The van der Waals surface area contributed by atoms with Crippen LogP contribution in [0.4, 0.5) is 0 Å². The summed E-state index contributed by atoms with van der Waals surface area (Å²) in [7, 11) is 0. The number of ether oxygens (including phenoxy) is 1. The molecule has 0 fully saturated rings. The SMILES string of the molecule is C=CCCCCCC/C=C/CCOC(=O)CC. The number of carbonyl (C=O) groups excluding carboxylic acids is 1. The van der Waals surface area contributed by atoms with Crippen LogP contribution >= 0.6 is 0 Å². The van der Waals surface area contributed by atoms with Crippen LogP contribution in [0.15, 0.2) is 24.8 Å². The van der Waals surface area contributed by atoms with Crippen LogP contribution in [0.5, 0.6) is 0 Å². The van der Waals surface area contributed by atoms with Crippen molar-refractivity contribution in [3.8, 4) is 0 Å². The summed E-state index contributed by atoms with van der Waals surface area (Å²) in [4.78, 5) is 10.8. The number of hydrogen-bond donors (Lipinski definition) is 0. The lowest BCUT2D eigenvalue weighted by Crippen LogP contribution is -2.02. The molecule has 0 aliphatic carbocycles. The number of rotatable bonds is 11. The van der Waals surface area contributed by atoms with E-state index >= 15 is 0 Å². The van der Waals surface area contributed by atoms with E-state index in [0.717, 1.165) is 19.3 Å². The van der Waals surface area contributed by atoms with Crippen molar-refractivity contribution < 1.29 is 9.53 Å². The molecule has 0 N–H and O–H groups in total. The van der Waals surface area contributed by atoms with Crippen molar-refractivity contribution in [3.05, 3.63) is 24.8 Å². The molecule has 0 aliphatic rings. The van der Waals surface area contributed by atoms with Gasteiger partial charge in [0, 0.05) is 6.42 Å². The van der Waals surface area contributed by atoms with E-state index in [2.05, 4.69) is 18.7 Å².